The smallest absolute Gasteiger partial charge is 0.459 e. The zero-order chi connectivity index (χ0) is 27.6. The fraction of sp³-hybridized carbons (Fsp3) is 0.455. The monoisotopic (exact) mass is 550 g/mol. The Morgan fingerprint density at radius 3 is 2.63 bits per heavy atom. The van der Waals surface area contributed by atoms with Gasteiger partial charge in [0.25, 0.3) is 0 Å². The number of hydrogen-bond acceptors (Lipinski definition) is 13. The van der Waals surface area contributed by atoms with E-state index >= 15 is 0 Å². The highest BCUT2D eigenvalue weighted by Gasteiger charge is 2.45. The average molecular weight is 551 g/mol. The number of para-hydroxylation sites is 1. The molecule has 16 heteroatoms. The van der Waals surface area contributed by atoms with Gasteiger partial charge >= 0.3 is 13.7 Å². The predicted molar refractivity (Wildman–Crippen MR) is 136 cm³/mol. The van der Waals surface area contributed by atoms with Crippen LogP contribution in [-0.2, 0) is 23.4 Å². The van der Waals surface area contributed by atoms with Crippen LogP contribution in [0.1, 0.15) is 27.0 Å². The zero-order valence-electron chi connectivity index (χ0n) is 21.0. The molecule has 206 valence electrons. The Hall–Kier alpha value is -3.33. The van der Waals surface area contributed by atoms with E-state index in [1.807, 2.05) is 0 Å². The number of fused-ring (bicyclic) bond motifs is 1. The normalized spacial score (nSPS) is 23.8. The van der Waals surface area contributed by atoms with Crippen LogP contribution < -0.4 is 26.8 Å². The van der Waals surface area contributed by atoms with Crippen LogP contribution in [0.3, 0.4) is 0 Å². The molecular formula is C22H31N8O7P. The average Bonchev–Trinajstić information content (AvgIpc) is 3.39. The molecule has 8 N–H and O–H groups in total. The molecule has 15 nitrogen and oxygen atoms in total. The van der Waals surface area contributed by atoms with Gasteiger partial charge in [-0.25, -0.2) is 9.55 Å². The van der Waals surface area contributed by atoms with Gasteiger partial charge in [0.1, 0.15) is 29.5 Å². The van der Waals surface area contributed by atoms with E-state index in [0.717, 1.165) is 0 Å². The molecule has 3 aromatic rings. The third kappa shape index (κ3) is 6.04. The maximum atomic E-state index is 13.7. The number of aliphatic hydroxyl groups excluding tert-OH is 1. The van der Waals surface area contributed by atoms with Crippen LogP contribution in [0.2, 0.25) is 0 Å². The molecule has 1 unspecified atom stereocenters. The molecular weight excluding hydrogens is 519 g/mol. The predicted octanol–water partition coefficient (Wildman–Crippen LogP) is 0.710. The fourth-order valence-electron chi connectivity index (χ4n) is 3.80. The van der Waals surface area contributed by atoms with Crippen molar-refractivity contribution in [1.82, 2.24) is 24.6 Å². The first kappa shape index (κ1) is 27.7. The minimum Gasteiger partial charge on any atom is -0.462 e. The Bertz CT molecular complexity index is 1320. The molecule has 4 rings (SSSR count). The van der Waals surface area contributed by atoms with Crippen LogP contribution in [-0.4, -0.2) is 67.6 Å². The molecule has 0 saturated carbocycles. The molecule has 6 atom stereocenters. The highest BCUT2D eigenvalue weighted by molar-refractivity contribution is 7.52. The molecule has 1 aliphatic rings. The molecule has 0 aliphatic carbocycles. The minimum atomic E-state index is -4.18. The minimum absolute atomic E-state index is 0.0704. The molecule has 0 radical (unpaired) electrons. The van der Waals surface area contributed by atoms with Gasteiger partial charge < -0.3 is 36.3 Å². The van der Waals surface area contributed by atoms with E-state index in [1.54, 1.807) is 44.2 Å². The number of aliphatic hydroxyl groups is 1. The van der Waals surface area contributed by atoms with Crippen molar-refractivity contribution in [3.63, 3.8) is 0 Å². The molecule has 38 heavy (non-hydrogen) atoms. The van der Waals surface area contributed by atoms with E-state index in [0.29, 0.717) is 0 Å². The topological polar surface area (TPSA) is 225 Å². The number of nitrogens with one attached hydrogen (secondary N) is 1. The largest absolute Gasteiger partial charge is 0.462 e. The van der Waals surface area contributed by atoms with Gasteiger partial charge in [0, 0.05) is 0 Å². The number of anilines is 2. The Kier molecular flexibility index (Phi) is 8.16. The lowest BCUT2D eigenvalue weighted by molar-refractivity contribution is -0.149. The number of imidazole rings is 1. The molecule has 0 bridgehead atoms. The van der Waals surface area contributed by atoms with Gasteiger partial charge in [-0.15, -0.1) is 0 Å². The number of rotatable bonds is 10. The summed E-state index contributed by atoms with van der Waals surface area (Å²) in [6.07, 6.45) is -2.18. The van der Waals surface area contributed by atoms with Crippen LogP contribution in [0.4, 0.5) is 11.8 Å². The third-order valence-corrected chi connectivity index (χ3v) is 7.24. The maximum Gasteiger partial charge on any atom is 0.459 e. The van der Waals surface area contributed by atoms with E-state index < -0.39 is 50.8 Å². The first-order valence-corrected chi connectivity index (χ1v) is 13.3. The Labute approximate surface area is 218 Å². The van der Waals surface area contributed by atoms with E-state index in [-0.39, 0.29) is 34.8 Å². The molecule has 1 saturated heterocycles. The number of carbonyl (C=O) groups excluding carboxylic acids is 1. The quantitative estimate of drug-likeness (QED) is 0.173. The zero-order valence-corrected chi connectivity index (χ0v) is 21.9. The van der Waals surface area contributed by atoms with Gasteiger partial charge in [0.05, 0.1) is 25.1 Å². The Balaban J connectivity index is 1.51. The highest BCUT2D eigenvalue weighted by atomic mass is 31.2. The lowest BCUT2D eigenvalue weighted by Crippen LogP contribution is -2.41. The van der Waals surface area contributed by atoms with Crippen molar-refractivity contribution in [2.24, 2.45) is 5.73 Å². The summed E-state index contributed by atoms with van der Waals surface area (Å²) in [5.74, 6) is -0.408. The lowest BCUT2D eigenvalue weighted by atomic mass is 10.1. The summed E-state index contributed by atoms with van der Waals surface area (Å²) < 4.78 is 37.6. The second kappa shape index (κ2) is 11.2. The summed E-state index contributed by atoms with van der Waals surface area (Å²) in [4.78, 5) is 24.5. The number of benzene rings is 1. The summed E-state index contributed by atoms with van der Waals surface area (Å²) >= 11 is 0. The summed E-state index contributed by atoms with van der Waals surface area (Å²) in [5.41, 5.74) is 18.4. The van der Waals surface area contributed by atoms with E-state index in [1.165, 1.54) is 17.8 Å². The second-order valence-electron chi connectivity index (χ2n) is 8.96. The van der Waals surface area contributed by atoms with Gasteiger partial charge in [-0.2, -0.15) is 15.1 Å². The van der Waals surface area contributed by atoms with Crippen molar-refractivity contribution < 1.29 is 33.0 Å². The molecule has 2 aromatic heterocycles. The number of aromatic nitrogens is 4. The van der Waals surface area contributed by atoms with Crippen LogP contribution in [0, 0.1) is 0 Å². The van der Waals surface area contributed by atoms with Crippen molar-refractivity contribution in [2.75, 3.05) is 18.1 Å². The van der Waals surface area contributed by atoms with Crippen molar-refractivity contribution >= 4 is 36.6 Å². The molecule has 1 aromatic carbocycles. The van der Waals surface area contributed by atoms with Crippen molar-refractivity contribution in [3.8, 4) is 5.75 Å². The number of nitrogens with two attached hydrogens (primary N) is 3. The third-order valence-electron chi connectivity index (χ3n) is 5.59. The number of nitrogen functional groups attached to an aromatic ring is 2. The number of ether oxygens (including phenoxy) is 2. The summed E-state index contributed by atoms with van der Waals surface area (Å²) in [5, 5.41) is 13.4. The first-order valence-electron chi connectivity index (χ1n) is 11.8. The van der Waals surface area contributed by atoms with E-state index in [2.05, 4.69) is 20.0 Å². The highest BCUT2D eigenvalue weighted by Crippen LogP contribution is 2.46. The summed E-state index contributed by atoms with van der Waals surface area (Å²) in [7, 11) is -4.18. The standard InChI is InChI=1S/C22H31N8O7P/c1-11(2)35-21(32)12(3)29-38(33,37-13-7-5-4-6-8-13)34-9-14-17(31)15(23)20(36-14)30-10-26-16-18(24)27-22(25)28-19(16)30/h4-8,10-12,14-15,17,20,31H,9,23H2,1-3H3,(H,29,33)(H4,24,25,27,28)/t12-,14+,15+,17+,20+,38?/m0/s1. The Morgan fingerprint density at radius 2 is 1.95 bits per heavy atom. The summed E-state index contributed by atoms with van der Waals surface area (Å²) in [6, 6.07) is 6.29. The first-order chi connectivity index (χ1) is 18.0. The van der Waals surface area contributed by atoms with Gasteiger partial charge in [-0.1, -0.05) is 18.2 Å². The van der Waals surface area contributed by atoms with Crippen molar-refractivity contribution in [2.45, 2.75) is 57.4 Å². The molecule has 0 spiro atoms. The number of hydrogen-bond donors (Lipinski definition) is 5. The second-order valence-corrected chi connectivity index (χ2v) is 10.7. The molecule has 1 fully saturated rings. The van der Waals surface area contributed by atoms with Crippen molar-refractivity contribution in [1.29, 1.82) is 0 Å². The van der Waals surface area contributed by atoms with Crippen LogP contribution in [0.15, 0.2) is 36.7 Å². The summed E-state index contributed by atoms with van der Waals surface area (Å²) in [6.45, 7) is 4.45. The number of nitrogens with zero attached hydrogens (tertiary/aromatic N) is 4. The van der Waals surface area contributed by atoms with E-state index in [4.69, 9.17) is 35.7 Å². The number of esters is 1. The molecule has 3 heterocycles. The van der Waals surface area contributed by atoms with Gasteiger partial charge in [-0.3, -0.25) is 13.9 Å². The SMILES string of the molecule is CC(C)OC(=O)[C@H](C)NP(=O)(OC[C@H]1O[C@@H](n2cnc3c(N)nc(N)nc32)[C@H](N)[C@@H]1O)Oc1ccccc1. The fourth-order valence-corrected chi connectivity index (χ4v) is 5.31. The lowest BCUT2D eigenvalue weighted by Gasteiger charge is -2.25. The van der Waals surface area contributed by atoms with E-state index in [9.17, 15) is 14.5 Å². The maximum absolute atomic E-state index is 13.7. The Morgan fingerprint density at radius 1 is 1.24 bits per heavy atom. The molecule has 0 amide bonds. The van der Waals surface area contributed by atoms with Crippen LogP contribution in [0.5, 0.6) is 5.75 Å². The molecule has 1 aliphatic heterocycles. The van der Waals surface area contributed by atoms with Gasteiger partial charge in [-0.05, 0) is 32.9 Å². The van der Waals surface area contributed by atoms with Crippen LogP contribution in [0.25, 0.3) is 11.2 Å². The van der Waals surface area contributed by atoms with Gasteiger partial charge in [0.2, 0.25) is 5.95 Å². The van der Waals surface area contributed by atoms with Gasteiger partial charge in [0.15, 0.2) is 17.7 Å². The van der Waals surface area contributed by atoms with Crippen LogP contribution >= 0.6 is 7.75 Å². The number of carbonyl (C=O) groups is 1. The van der Waals surface area contributed by atoms with Crippen molar-refractivity contribution in [3.05, 3.63) is 36.7 Å².